The second-order valence-electron chi connectivity index (χ2n) is 6.40. The van der Waals surface area contributed by atoms with Crippen molar-refractivity contribution in [2.24, 2.45) is 0 Å². The number of ether oxygens (including phenoxy) is 1. The molecule has 0 saturated heterocycles. The number of hydrogen-bond acceptors (Lipinski definition) is 7. The third-order valence-electron chi connectivity index (χ3n) is 4.57. The van der Waals surface area contributed by atoms with Crippen LogP contribution in [-0.2, 0) is 35.3 Å². The molecule has 9 heteroatoms. The lowest BCUT2D eigenvalue weighted by Gasteiger charge is -2.11. The van der Waals surface area contributed by atoms with E-state index < -0.39 is 0 Å². The molecule has 1 amide bonds. The fourth-order valence-electron chi connectivity index (χ4n) is 3.26. The summed E-state index contributed by atoms with van der Waals surface area (Å²) in [5.74, 6) is 0.477. The van der Waals surface area contributed by atoms with Crippen molar-refractivity contribution in [3.8, 4) is 0 Å². The molecule has 2 aromatic rings. The number of amides is 1. The van der Waals surface area contributed by atoms with Gasteiger partial charge in [-0.1, -0.05) is 24.8 Å². The zero-order valence-electron chi connectivity index (χ0n) is 16.1. The van der Waals surface area contributed by atoms with Gasteiger partial charge in [0.25, 0.3) is 0 Å². The SMILES string of the molecule is C=CCn1c(CC)nnc1SCC(=O)Nc1sc2c(c1C(=O)OC)CCCC2. The van der Waals surface area contributed by atoms with E-state index in [1.165, 1.54) is 35.1 Å². The lowest BCUT2D eigenvalue weighted by Crippen LogP contribution is -2.17. The number of aryl methyl sites for hydroxylation is 2. The van der Waals surface area contributed by atoms with E-state index in [2.05, 4.69) is 22.1 Å². The normalized spacial score (nSPS) is 13.1. The zero-order valence-corrected chi connectivity index (χ0v) is 17.8. The number of aromatic nitrogens is 3. The number of carbonyl (C=O) groups is 2. The van der Waals surface area contributed by atoms with Crippen molar-refractivity contribution in [2.75, 3.05) is 18.2 Å². The van der Waals surface area contributed by atoms with Crippen LogP contribution in [0.5, 0.6) is 0 Å². The molecule has 150 valence electrons. The molecule has 0 unspecified atom stereocenters. The highest BCUT2D eigenvalue weighted by Crippen LogP contribution is 2.38. The van der Waals surface area contributed by atoms with Gasteiger partial charge in [-0.2, -0.15) is 0 Å². The molecule has 0 radical (unpaired) electrons. The molecule has 2 aromatic heterocycles. The molecule has 0 fully saturated rings. The lowest BCUT2D eigenvalue weighted by atomic mass is 9.95. The third-order valence-corrected chi connectivity index (χ3v) is 6.74. The first-order valence-electron chi connectivity index (χ1n) is 9.27. The van der Waals surface area contributed by atoms with Crippen LogP contribution in [-0.4, -0.2) is 39.5 Å². The van der Waals surface area contributed by atoms with Crippen molar-refractivity contribution in [1.29, 1.82) is 0 Å². The van der Waals surface area contributed by atoms with E-state index in [4.69, 9.17) is 4.74 Å². The Morgan fingerprint density at radius 2 is 2.14 bits per heavy atom. The Balaban J connectivity index is 1.72. The Morgan fingerprint density at radius 1 is 1.36 bits per heavy atom. The third kappa shape index (κ3) is 4.30. The van der Waals surface area contributed by atoms with Crippen molar-refractivity contribution < 1.29 is 14.3 Å². The molecular weight excluding hydrogens is 396 g/mol. The average Bonchev–Trinajstić information content (AvgIpc) is 3.26. The Hall–Kier alpha value is -2.13. The highest BCUT2D eigenvalue weighted by molar-refractivity contribution is 7.99. The summed E-state index contributed by atoms with van der Waals surface area (Å²) in [6.45, 7) is 6.37. The van der Waals surface area contributed by atoms with E-state index in [9.17, 15) is 9.59 Å². The highest BCUT2D eigenvalue weighted by atomic mass is 32.2. The zero-order chi connectivity index (χ0) is 20.1. The fourth-order valence-corrected chi connectivity index (χ4v) is 5.32. The predicted octanol–water partition coefficient (Wildman–Crippen LogP) is 3.48. The van der Waals surface area contributed by atoms with Crippen LogP contribution in [0.1, 0.15) is 46.4 Å². The van der Waals surface area contributed by atoms with Crippen LogP contribution >= 0.6 is 23.1 Å². The molecule has 0 spiro atoms. The number of hydrogen-bond donors (Lipinski definition) is 1. The standard InChI is InChI=1S/C19H24N4O3S2/c1-4-10-23-14(5-2)21-22-19(23)27-11-15(24)20-17-16(18(25)26-3)12-8-6-7-9-13(12)28-17/h4H,1,5-11H2,2-3H3,(H,20,24). The van der Waals surface area contributed by atoms with E-state index in [-0.39, 0.29) is 17.6 Å². The molecule has 0 aromatic carbocycles. The summed E-state index contributed by atoms with van der Waals surface area (Å²) in [6.07, 6.45) is 6.50. The van der Waals surface area contributed by atoms with Crippen LogP contribution in [0.2, 0.25) is 0 Å². The summed E-state index contributed by atoms with van der Waals surface area (Å²) in [5.41, 5.74) is 1.55. The summed E-state index contributed by atoms with van der Waals surface area (Å²) < 4.78 is 6.90. The van der Waals surface area contributed by atoms with Gasteiger partial charge in [0, 0.05) is 17.8 Å². The van der Waals surface area contributed by atoms with Crippen LogP contribution in [0.15, 0.2) is 17.8 Å². The topological polar surface area (TPSA) is 86.1 Å². The number of allylic oxidation sites excluding steroid dienone is 1. The van der Waals surface area contributed by atoms with Gasteiger partial charge in [-0.15, -0.1) is 28.1 Å². The molecule has 1 N–H and O–H groups in total. The molecule has 28 heavy (non-hydrogen) atoms. The highest BCUT2D eigenvalue weighted by Gasteiger charge is 2.27. The minimum absolute atomic E-state index is 0.181. The van der Waals surface area contributed by atoms with Crippen LogP contribution in [0.4, 0.5) is 5.00 Å². The molecule has 2 heterocycles. The van der Waals surface area contributed by atoms with E-state index >= 15 is 0 Å². The smallest absolute Gasteiger partial charge is 0.341 e. The molecule has 3 rings (SSSR count). The summed E-state index contributed by atoms with van der Waals surface area (Å²) in [7, 11) is 1.37. The number of methoxy groups -OCH3 is 1. The first-order chi connectivity index (χ1) is 13.6. The summed E-state index contributed by atoms with van der Waals surface area (Å²) in [6, 6.07) is 0. The number of carbonyl (C=O) groups excluding carboxylic acids is 2. The fraction of sp³-hybridized carbons (Fsp3) is 0.474. The first kappa shape index (κ1) is 20.6. The number of nitrogens with zero attached hydrogens (tertiary/aromatic N) is 3. The number of fused-ring (bicyclic) bond motifs is 1. The Labute approximate surface area is 172 Å². The van der Waals surface area contributed by atoms with Crippen molar-refractivity contribution >= 4 is 40.0 Å². The Morgan fingerprint density at radius 3 is 2.86 bits per heavy atom. The van der Waals surface area contributed by atoms with Crippen LogP contribution in [0, 0.1) is 0 Å². The molecule has 0 bridgehead atoms. The molecule has 0 aliphatic heterocycles. The van der Waals surface area contributed by atoms with Gasteiger partial charge in [0.2, 0.25) is 5.91 Å². The van der Waals surface area contributed by atoms with Crippen LogP contribution in [0.3, 0.4) is 0 Å². The van der Waals surface area contributed by atoms with Gasteiger partial charge in [0.15, 0.2) is 5.16 Å². The molecule has 1 aliphatic carbocycles. The quantitative estimate of drug-likeness (QED) is 0.400. The molecule has 1 aliphatic rings. The summed E-state index contributed by atoms with van der Waals surface area (Å²) >= 11 is 2.81. The van der Waals surface area contributed by atoms with E-state index in [1.54, 1.807) is 6.08 Å². The van der Waals surface area contributed by atoms with Gasteiger partial charge >= 0.3 is 5.97 Å². The van der Waals surface area contributed by atoms with Gasteiger partial charge < -0.3 is 14.6 Å². The number of rotatable bonds is 8. The largest absolute Gasteiger partial charge is 0.465 e. The second kappa shape index (κ2) is 9.38. The predicted molar refractivity (Wildman–Crippen MR) is 111 cm³/mol. The second-order valence-corrected chi connectivity index (χ2v) is 8.44. The minimum Gasteiger partial charge on any atom is -0.465 e. The Bertz CT molecular complexity index is 888. The first-order valence-corrected chi connectivity index (χ1v) is 11.1. The summed E-state index contributed by atoms with van der Waals surface area (Å²) in [4.78, 5) is 26.0. The van der Waals surface area contributed by atoms with E-state index in [1.807, 2.05) is 11.5 Å². The van der Waals surface area contributed by atoms with Gasteiger partial charge in [0.1, 0.15) is 10.8 Å². The lowest BCUT2D eigenvalue weighted by molar-refractivity contribution is -0.113. The maximum atomic E-state index is 12.6. The van der Waals surface area contributed by atoms with Gasteiger partial charge in [-0.05, 0) is 31.2 Å². The average molecular weight is 421 g/mol. The van der Waals surface area contributed by atoms with E-state index in [0.29, 0.717) is 22.3 Å². The number of nitrogens with one attached hydrogen (secondary N) is 1. The van der Waals surface area contributed by atoms with Gasteiger partial charge in [-0.3, -0.25) is 4.79 Å². The molecule has 0 saturated carbocycles. The molecular formula is C19H24N4O3S2. The van der Waals surface area contributed by atoms with Crippen molar-refractivity contribution in [3.05, 3.63) is 34.5 Å². The van der Waals surface area contributed by atoms with Crippen molar-refractivity contribution in [2.45, 2.75) is 50.7 Å². The van der Waals surface area contributed by atoms with E-state index in [0.717, 1.165) is 43.5 Å². The molecule has 0 atom stereocenters. The molecule has 7 nitrogen and oxygen atoms in total. The van der Waals surface area contributed by atoms with Gasteiger partial charge in [-0.25, -0.2) is 4.79 Å². The number of thiophene rings is 1. The van der Waals surface area contributed by atoms with Crippen molar-refractivity contribution in [3.63, 3.8) is 0 Å². The number of thioether (sulfide) groups is 1. The minimum atomic E-state index is -0.388. The Kier molecular flexibility index (Phi) is 6.90. The monoisotopic (exact) mass is 420 g/mol. The summed E-state index contributed by atoms with van der Waals surface area (Å²) in [5, 5.41) is 12.5. The number of anilines is 1. The maximum Gasteiger partial charge on any atom is 0.341 e. The maximum absolute atomic E-state index is 12.6. The van der Waals surface area contributed by atoms with Crippen LogP contribution in [0.25, 0.3) is 0 Å². The van der Waals surface area contributed by atoms with Gasteiger partial charge in [0.05, 0.1) is 18.4 Å². The van der Waals surface area contributed by atoms with Crippen molar-refractivity contribution in [1.82, 2.24) is 14.8 Å². The number of esters is 1. The van der Waals surface area contributed by atoms with Crippen LogP contribution < -0.4 is 5.32 Å².